The third-order valence-electron chi connectivity index (χ3n) is 3.33. The first kappa shape index (κ1) is 15.5. The summed E-state index contributed by atoms with van der Waals surface area (Å²) in [5.74, 6) is 0.0488. The average molecular weight is 294 g/mol. The molecule has 0 amide bonds. The summed E-state index contributed by atoms with van der Waals surface area (Å²) in [5, 5.41) is 3.25. The number of pyridine rings is 1. The van der Waals surface area contributed by atoms with Crippen LogP contribution >= 0.6 is 0 Å². The zero-order valence-corrected chi connectivity index (χ0v) is 12.5. The van der Waals surface area contributed by atoms with Crippen LogP contribution in [0.1, 0.15) is 17.3 Å². The van der Waals surface area contributed by atoms with Gasteiger partial charge in [0.05, 0.1) is 32.2 Å². The Morgan fingerprint density at radius 1 is 1.57 bits per heavy atom. The number of rotatable bonds is 5. The fraction of sp³-hybridized carbons (Fsp3) is 0.571. The van der Waals surface area contributed by atoms with Crippen LogP contribution in [0.4, 0.5) is 11.5 Å². The number of anilines is 2. The molecule has 3 N–H and O–H groups in total. The minimum absolute atomic E-state index is 0.141. The van der Waals surface area contributed by atoms with E-state index in [0.717, 1.165) is 32.8 Å². The predicted octanol–water partition coefficient (Wildman–Crippen LogP) is 0.583. The third-order valence-corrected chi connectivity index (χ3v) is 3.33. The number of nitrogens with one attached hydrogen (secondary N) is 1. The molecule has 1 aliphatic rings. The first-order valence-corrected chi connectivity index (χ1v) is 7.00. The van der Waals surface area contributed by atoms with E-state index in [1.54, 1.807) is 6.07 Å². The van der Waals surface area contributed by atoms with Crippen molar-refractivity contribution in [1.29, 1.82) is 0 Å². The van der Waals surface area contributed by atoms with Gasteiger partial charge in [-0.3, -0.25) is 4.90 Å². The molecule has 1 unspecified atom stereocenters. The van der Waals surface area contributed by atoms with Gasteiger partial charge in [-0.2, -0.15) is 0 Å². The Labute approximate surface area is 124 Å². The van der Waals surface area contributed by atoms with Gasteiger partial charge in [-0.25, -0.2) is 9.78 Å². The normalized spacial score (nSPS) is 17.2. The van der Waals surface area contributed by atoms with E-state index in [9.17, 15) is 4.79 Å². The van der Waals surface area contributed by atoms with Crippen LogP contribution in [0.3, 0.4) is 0 Å². The van der Waals surface area contributed by atoms with E-state index in [1.165, 1.54) is 13.3 Å². The van der Waals surface area contributed by atoms with Crippen LogP contribution in [0.15, 0.2) is 12.3 Å². The maximum Gasteiger partial charge on any atom is 0.341 e. The van der Waals surface area contributed by atoms with E-state index >= 15 is 0 Å². The fourth-order valence-corrected chi connectivity index (χ4v) is 2.31. The molecule has 0 aromatic carbocycles. The number of nitrogens with two attached hydrogens (primary N) is 1. The highest BCUT2D eigenvalue weighted by Crippen LogP contribution is 2.17. The molecule has 2 rings (SSSR count). The molecule has 7 nitrogen and oxygen atoms in total. The molecule has 1 saturated heterocycles. The number of hydrogen-bond acceptors (Lipinski definition) is 7. The molecule has 21 heavy (non-hydrogen) atoms. The molecule has 0 bridgehead atoms. The summed E-state index contributed by atoms with van der Waals surface area (Å²) in [5.41, 5.74) is 6.47. The molecule has 1 aliphatic heterocycles. The molecular weight excluding hydrogens is 272 g/mol. The van der Waals surface area contributed by atoms with Gasteiger partial charge in [0.2, 0.25) is 0 Å². The van der Waals surface area contributed by atoms with Gasteiger partial charge in [0, 0.05) is 25.7 Å². The minimum atomic E-state index is -0.448. The summed E-state index contributed by atoms with van der Waals surface area (Å²) in [6.45, 7) is 6.28. The SMILES string of the molecule is COC(=O)c1cc(N)cnc1NC(C)CN1CCOCC1. The lowest BCUT2D eigenvalue weighted by atomic mass is 10.2. The Balaban J connectivity index is 2.02. The summed E-state index contributed by atoms with van der Waals surface area (Å²) in [6.07, 6.45) is 1.52. The van der Waals surface area contributed by atoms with Gasteiger partial charge in [-0.15, -0.1) is 0 Å². The lowest BCUT2D eigenvalue weighted by molar-refractivity contribution is 0.0368. The summed E-state index contributed by atoms with van der Waals surface area (Å²) in [7, 11) is 1.34. The minimum Gasteiger partial charge on any atom is -0.465 e. The van der Waals surface area contributed by atoms with Crippen molar-refractivity contribution in [1.82, 2.24) is 9.88 Å². The second-order valence-electron chi connectivity index (χ2n) is 5.11. The Hall–Kier alpha value is -1.86. The number of hydrogen-bond donors (Lipinski definition) is 2. The Morgan fingerprint density at radius 3 is 2.95 bits per heavy atom. The Bertz CT molecular complexity index is 489. The largest absolute Gasteiger partial charge is 0.465 e. The average Bonchev–Trinajstić information content (AvgIpc) is 2.49. The topological polar surface area (TPSA) is 89.7 Å². The van der Waals surface area contributed by atoms with Gasteiger partial charge in [0.1, 0.15) is 11.4 Å². The van der Waals surface area contributed by atoms with Crippen LogP contribution in [0, 0.1) is 0 Å². The molecule has 1 fully saturated rings. The quantitative estimate of drug-likeness (QED) is 0.768. The van der Waals surface area contributed by atoms with Gasteiger partial charge < -0.3 is 20.5 Å². The monoisotopic (exact) mass is 294 g/mol. The molecule has 0 radical (unpaired) electrons. The third kappa shape index (κ3) is 4.30. The van der Waals surface area contributed by atoms with Gasteiger partial charge in [-0.1, -0.05) is 0 Å². The van der Waals surface area contributed by atoms with E-state index in [4.69, 9.17) is 15.2 Å². The zero-order valence-electron chi connectivity index (χ0n) is 12.5. The standard InChI is InChI=1S/C14H22N4O3/c1-10(9-18-3-5-21-6-4-18)17-13-12(14(19)20-2)7-11(15)8-16-13/h7-8,10H,3-6,9,15H2,1-2H3,(H,16,17). The van der Waals surface area contributed by atoms with Gasteiger partial charge >= 0.3 is 5.97 Å². The Kier molecular flexibility index (Phi) is 5.35. The second-order valence-corrected chi connectivity index (χ2v) is 5.11. The van der Waals surface area contributed by atoms with E-state index in [0.29, 0.717) is 17.1 Å². The van der Waals surface area contributed by atoms with Crippen molar-refractivity contribution in [3.8, 4) is 0 Å². The number of nitrogen functional groups attached to an aromatic ring is 1. The molecule has 0 saturated carbocycles. The molecule has 1 atom stereocenters. The van der Waals surface area contributed by atoms with Crippen molar-refractivity contribution >= 4 is 17.5 Å². The van der Waals surface area contributed by atoms with Crippen molar-refractivity contribution in [3.63, 3.8) is 0 Å². The summed E-state index contributed by atoms with van der Waals surface area (Å²) < 4.78 is 10.1. The van der Waals surface area contributed by atoms with Crippen molar-refractivity contribution < 1.29 is 14.3 Å². The molecule has 7 heteroatoms. The number of esters is 1. The van der Waals surface area contributed by atoms with E-state index < -0.39 is 5.97 Å². The van der Waals surface area contributed by atoms with Crippen molar-refractivity contribution in [2.45, 2.75) is 13.0 Å². The Morgan fingerprint density at radius 2 is 2.29 bits per heavy atom. The van der Waals surface area contributed by atoms with Crippen molar-refractivity contribution in [2.75, 3.05) is 51.0 Å². The number of carbonyl (C=O) groups excluding carboxylic acids is 1. The van der Waals surface area contributed by atoms with Gasteiger partial charge in [-0.05, 0) is 13.0 Å². The maximum absolute atomic E-state index is 11.8. The van der Waals surface area contributed by atoms with E-state index in [2.05, 4.69) is 22.1 Å². The molecular formula is C14H22N4O3. The molecule has 116 valence electrons. The fourth-order valence-electron chi connectivity index (χ4n) is 2.31. The highest BCUT2D eigenvalue weighted by Gasteiger charge is 2.18. The molecule has 1 aromatic heterocycles. The number of nitrogens with zero attached hydrogens (tertiary/aromatic N) is 2. The van der Waals surface area contributed by atoms with Crippen LogP contribution in [-0.2, 0) is 9.47 Å². The van der Waals surface area contributed by atoms with Crippen molar-refractivity contribution in [3.05, 3.63) is 17.8 Å². The lowest BCUT2D eigenvalue weighted by Gasteiger charge is -2.29. The predicted molar refractivity (Wildman–Crippen MR) is 80.3 cm³/mol. The van der Waals surface area contributed by atoms with E-state index in [1.807, 2.05) is 0 Å². The molecule has 0 aliphatic carbocycles. The van der Waals surface area contributed by atoms with Crippen LogP contribution in [0.25, 0.3) is 0 Å². The number of morpholine rings is 1. The highest BCUT2D eigenvalue weighted by molar-refractivity contribution is 5.95. The lowest BCUT2D eigenvalue weighted by Crippen LogP contribution is -2.42. The zero-order chi connectivity index (χ0) is 15.2. The number of methoxy groups -OCH3 is 1. The highest BCUT2D eigenvalue weighted by atomic mass is 16.5. The summed E-state index contributed by atoms with van der Waals surface area (Å²) in [6, 6.07) is 1.71. The van der Waals surface area contributed by atoms with Gasteiger partial charge in [0.25, 0.3) is 0 Å². The maximum atomic E-state index is 11.8. The second kappa shape index (κ2) is 7.24. The smallest absolute Gasteiger partial charge is 0.341 e. The van der Waals surface area contributed by atoms with Crippen LogP contribution in [0.2, 0.25) is 0 Å². The molecule has 0 spiro atoms. The first-order chi connectivity index (χ1) is 10.1. The van der Waals surface area contributed by atoms with Gasteiger partial charge in [0.15, 0.2) is 0 Å². The van der Waals surface area contributed by atoms with Crippen LogP contribution in [-0.4, -0.2) is 61.9 Å². The first-order valence-electron chi connectivity index (χ1n) is 7.00. The molecule has 2 heterocycles. The van der Waals surface area contributed by atoms with Crippen LogP contribution < -0.4 is 11.1 Å². The van der Waals surface area contributed by atoms with Crippen molar-refractivity contribution in [2.24, 2.45) is 0 Å². The summed E-state index contributed by atoms with van der Waals surface area (Å²) >= 11 is 0. The number of carbonyl (C=O) groups is 1. The summed E-state index contributed by atoms with van der Waals surface area (Å²) in [4.78, 5) is 18.3. The number of ether oxygens (including phenoxy) is 2. The number of aromatic nitrogens is 1. The molecule has 1 aromatic rings. The van der Waals surface area contributed by atoms with Crippen LogP contribution in [0.5, 0.6) is 0 Å². The van der Waals surface area contributed by atoms with E-state index in [-0.39, 0.29) is 6.04 Å².